The van der Waals surface area contributed by atoms with E-state index in [1.807, 2.05) is 24.3 Å². The van der Waals surface area contributed by atoms with E-state index in [0.29, 0.717) is 5.75 Å². The molecule has 1 N–H and O–H groups in total. The number of para-hydroxylation sites is 2. The molecule has 0 saturated carbocycles. The van der Waals surface area contributed by atoms with Crippen LogP contribution in [-0.4, -0.2) is 26.1 Å². The Kier molecular flexibility index (Phi) is 4.99. The molecule has 0 spiro atoms. The van der Waals surface area contributed by atoms with Gasteiger partial charge in [0.05, 0.1) is 24.0 Å². The van der Waals surface area contributed by atoms with Crippen LogP contribution in [0.5, 0.6) is 5.75 Å². The molecule has 1 saturated heterocycles. The lowest BCUT2D eigenvalue weighted by Crippen LogP contribution is -2.30. The van der Waals surface area contributed by atoms with Crippen LogP contribution in [0, 0.1) is 5.82 Å². The van der Waals surface area contributed by atoms with Crippen molar-refractivity contribution in [3.8, 4) is 5.75 Å². The van der Waals surface area contributed by atoms with Crippen LogP contribution < -0.4 is 15.0 Å². The van der Waals surface area contributed by atoms with E-state index in [1.165, 1.54) is 31.7 Å². The number of carbonyl (C=O) groups is 1. The van der Waals surface area contributed by atoms with Gasteiger partial charge in [-0.2, -0.15) is 0 Å². The number of hydrogen-bond donors (Lipinski definition) is 1. The summed E-state index contributed by atoms with van der Waals surface area (Å²) < 4.78 is 18.7. The molecule has 0 radical (unpaired) electrons. The maximum atomic E-state index is 13.5. The van der Waals surface area contributed by atoms with Gasteiger partial charge < -0.3 is 15.0 Å². The maximum Gasteiger partial charge on any atom is 0.259 e. The fraction of sp³-hybridized carbons (Fsp3) is 0.316. The highest BCUT2D eigenvalue weighted by Crippen LogP contribution is 2.29. The number of benzene rings is 2. The van der Waals surface area contributed by atoms with Crippen molar-refractivity contribution in [2.45, 2.75) is 19.3 Å². The van der Waals surface area contributed by atoms with Gasteiger partial charge in [0.1, 0.15) is 11.6 Å². The first-order chi connectivity index (χ1) is 11.7. The molecule has 0 unspecified atom stereocenters. The molecular formula is C19H21FN2O2. The van der Waals surface area contributed by atoms with Crippen molar-refractivity contribution in [3.05, 3.63) is 53.8 Å². The Hall–Kier alpha value is -2.56. The van der Waals surface area contributed by atoms with Gasteiger partial charge >= 0.3 is 0 Å². The molecule has 3 rings (SSSR count). The van der Waals surface area contributed by atoms with Gasteiger partial charge in [-0.15, -0.1) is 0 Å². The predicted molar refractivity (Wildman–Crippen MR) is 93.4 cm³/mol. The van der Waals surface area contributed by atoms with E-state index in [2.05, 4.69) is 10.2 Å². The SMILES string of the molecule is COc1ccc(F)cc1C(=O)Nc1ccccc1N1CCCCC1. The number of carbonyl (C=O) groups excluding carboxylic acids is 1. The molecule has 24 heavy (non-hydrogen) atoms. The topological polar surface area (TPSA) is 41.6 Å². The highest BCUT2D eigenvalue weighted by molar-refractivity contribution is 6.07. The smallest absolute Gasteiger partial charge is 0.259 e. The third kappa shape index (κ3) is 3.50. The molecule has 1 fully saturated rings. The van der Waals surface area contributed by atoms with E-state index in [0.717, 1.165) is 37.3 Å². The van der Waals surface area contributed by atoms with E-state index >= 15 is 0 Å². The van der Waals surface area contributed by atoms with Crippen molar-refractivity contribution in [2.75, 3.05) is 30.4 Å². The largest absolute Gasteiger partial charge is 0.496 e. The summed E-state index contributed by atoms with van der Waals surface area (Å²) in [6, 6.07) is 11.6. The van der Waals surface area contributed by atoms with Gasteiger partial charge in [-0.3, -0.25) is 4.79 Å². The van der Waals surface area contributed by atoms with E-state index in [9.17, 15) is 9.18 Å². The predicted octanol–water partition coefficient (Wildman–Crippen LogP) is 4.08. The Morgan fingerprint density at radius 3 is 2.62 bits per heavy atom. The molecule has 1 amide bonds. The van der Waals surface area contributed by atoms with Crippen LogP contribution in [0.25, 0.3) is 0 Å². The number of rotatable bonds is 4. The summed E-state index contributed by atoms with van der Waals surface area (Å²) in [6.45, 7) is 1.96. The van der Waals surface area contributed by atoms with Gasteiger partial charge in [0.15, 0.2) is 0 Å². The summed E-state index contributed by atoms with van der Waals surface area (Å²) in [5.74, 6) is -0.495. The van der Waals surface area contributed by atoms with Crippen LogP contribution in [0.1, 0.15) is 29.6 Å². The van der Waals surface area contributed by atoms with Crippen LogP contribution in [0.4, 0.5) is 15.8 Å². The van der Waals surface area contributed by atoms with E-state index < -0.39 is 5.82 Å². The molecule has 0 aliphatic carbocycles. The number of ether oxygens (including phenoxy) is 1. The van der Waals surface area contributed by atoms with Crippen LogP contribution in [0.15, 0.2) is 42.5 Å². The highest BCUT2D eigenvalue weighted by atomic mass is 19.1. The summed E-state index contributed by atoms with van der Waals surface area (Å²) >= 11 is 0. The van der Waals surface area contributed by atoms with Crippen molar-refractivity contribution in [3.63, 3.8) is 0 Å². The zero-order valence-electron chi connectivity index (χ0n) is 13.7. The number of anilines is 2. The van der Waals surface area contributed by atoms with E-state index in [1.54, 1.807) is 0 Å². The molecule has 2 aromatic rings. The maximum absolute atomic E-state index is 13.5. The Bertz CT molecular complexity index is 727. The van der Waals surface area contributed by atoms with Gasteiger partial charge in [0.2, 0.25) is 0 Å². The molecule has 4 nitrogen and oxygen atoms in total. The van der Waals surface area contributed by atoms with Gasteiger partial charge in [0.25, 0.3) is 5.91 Å². The Morgan fingerprint density at radius 2 is 1.88 bits per heavy atom. The summed E-state index contributed by atoms with van der Waals surface area (Å²) in [4.78, 5) is 14.9. The van der Waals surface area contributed by atoms with Crippen LogP contribution in [0.2, 0.25) is 0 Å². The minimum atomic E-state index is -0.467. The van der Waals surface area contributed by atoms with Crippen LogP contribution >= 0.6 is 0 Å². The van der Waals surface area contributed by atoms with Gasteiger partial charge in [-0.25, -0.2) is 4.39 Å². The lowest BCUT2D eigenvalue weighted by molar-refractivity contribution is 0.102. The second kappa shape index (κ2) is 7.34. The fourth-order valence-electron chi connectivity index (χ4n) is 3.04. The average molecular weight is 328 g/mol. The molecule has 1 aliphatic heterocycles. The summed E-state index contributed by atoms with van der Waals surface area (Å²) in [5.41, 5.74) is 1.92. The van der Waals surface area contributed by atoms with E-state index in [-0.39, 0.29) is 11.5 Å². The van der Waals surface area contributed by atoms with Crippen molar-refractivity contribution in [2.24, 2.45) is 0 Å². The number of piperidine rings is 1. The molecule has 126 valence electrons. The third-order valence-corrected chi connectivity index (χ3v) is 4.26. The molecule has 0 aromatic heterocycles. The van der Waals surface area contributed by atoms with Gasteiger partial charge in [0, 0.05) is 13.1 Å². The quantitative estimate of drug-likeness (QED) is 0.919. The highest BCUT2D eigenvalue weighted by Gasteiger charge is 2.18. The third-order valence-electron chi connectivity index (χ3n) is 4.26. The van der Waals surface area contributed by atoms with Crippen molar-refractivity contribution >= 4 is 17.3 Å². The van der Waals surface area contributed by atoms with E-state index in [4.69, 9.17) is 4.74 Å². The molecule has 2 aromatic carbocycles. The van der Waals surface area contributed by atoms with Crippen molar-refractivity contribution in [1.82, 2.24) is 0 Å². The number of halogens is 1. The lowest BCUT2D eigenvalue weighted by Gasteiger charge is -2.30. The monoisotopic (exact) mass is 328 g/mol. The van der Waals surface area contributed by atoms with Gasteiger partial charge in [-0.05, 0) is 49.6 Å². The summed E-state index contributed by atoms with van der Waals surface area (Å²) in [7, 11) is 1.46. The lowest BCUT2D eigenvalue weighted by atomic mass is 10.1. The number of nitrogens with zero attached hydrogens (tertiary/aromatic N) is 1. The fourth-order valence-corrected chi connectivity index (χ4v) is 3.04. The Balaban J connectivity index is 1.86. The number of amides is 1. The summed E-state index contributed by atoms with van der Waals surface area (Å²) in [6.07, 6.45) is 3.55. The first-order valence-electron chi connectivity index (χ1n) is 8.18. The number of hydrogen-bond acceptors (Lipinski definition) is 3. The molecule has 0 bridgehead atoms. The zero-order chi connectivity index (χ0) is 16.9. The van der Waals surface area contributed by atoms with Gasteiger partial charge in [-0.1, -0.05) is 12.1 Å². The second-order valence-corrected chi connectivity index (χ2v) is 5.86. The first-order valence-corrected chi connectivity index (χ1v) is 8.18. The molecule has 1 heterocycles. The number of nitrogens with one attached hydrogen (secondary N) is 1. The molecule has 5 heteroatoms. The summed E-state index contributed by atoms with van der Waals surface area (Å²) in [5, 5.41) is 2.90. The average Bonchev–Trinajstić information content (AvgIpc) is 2.63. The normalized spacial score (nSPS) is 14.3. The van der Waals surface area contributed by atoms with Crippen LogP contribution in [-0.2, 0) is 0 Å². The van der Waals surface area contributed by atoms with Crippen molar-refractivity contribution < 1.29 is 13.9 Å². The standard InChI is InChI=1S/C19H21FN2O2/c1-24-18-10-9-14(20)13-15(18)19(23)21-16-7-3-4-8-17(16)22-11-5-2-6-12-22/h3-4,7-10,13H,2,5-6,11-12H2,1H3,(H,21,23). The molecule has 0 atom stereocenters. The number of methoxy groups -OCH3 is 1. The van der Waals surface area contributed by atoms with Crippen LogP contribution in [0.3, 0.4) is 0 Å². The molecule has 1 aliphatic rings. The Morgan fingerprint density at radius 1 is 1.12 bits per heavy atom. The Labute approximate surface area is 141 Å². The second-order valence-electron chi connectivity index (χ2n) is 5.86. The van der Waals surface area contributed by atoms with Crippen molar-refractivity contribution in [1.29, 1.82) is 0 Å². The minimum Gasteiger partial charge on any atom is -0.496 e. The first kappa shape index (κ1) is 16.3. The zero-order valence-corrected chi connectivity index (χ0v) is 13.7. The molecular weight excluding hydrogens is 307 g/mol. The minimum absolute atomic E-state index is 0.186.